The average molecular weight is 360 g/mol. The average Bonchev–Trinajstić information content (AvgIpc) is 2.52. The van der Waals surface area contributed by atoms with Crippen molar-refractivity contribution in [2.45, 2.75) is 38.0 Å². The molecule has 2 rings (SSSR count). The normalized spacial score (nSPS) is 12.0. The molecule has 0 atom stereocenters. The van der Waals surface area contributed by atoms with Crippen LogP contribution in [0.5, 0.6) is 0 Å². The van der Waals surface area contributed by atoms with Gasteiger partial charge in [-0.1, -0.05) is 51.1 Å². The Morgan fingerprint density at radius 1 is 1.04 bits per heavy atom. The Hall–Kier alpha value is -2.18. The van der Waals surface area contributed by atoms with Gasteiger partial charge in [0.15, 0.2) is 0 Å². The van der Waals surface area contributed by atoms with Crippen molar-refractivity contribution in [3.63, 3.8) is 0 Å². The molecule has 0 aliphatic carbocycles. The zero-order chi connectivity index (χ0) is 18.7. The van der Waals surface area contributed by atoms with Gasteiger partial charge in [-0.2, -0.15) is 0 Å². The number of carbonyl (C=O) groups is 1. The molecule has 5 nitrogen and oxygen atoms in total. The van der Waals surface area contributed by atoms with Crippen molar-refractivity contribution < 1.29 is 13.2 Å². The lowest BCUT2D eigenvalue weighted by atomic mass is 9.86. The monoisotopic (exact) mass is 360 g/mol. The molecule has 0 heterocycles. The molecule has 25 heavy (non-hydrogen) atoms. The largest absolute Gasteiger partial charge is 0.325 e. The molecule has 0 spiro atoms. The third kappa shape index (κ3) is 5.14. The standard InChI is InChI=1S/C19H24N2O3S/c1-14-8-7-9-15(12-14)25(23,24)20-13-18(22)21-17-11-6-5-10-16(17)19(2,3)4/h5-12,20H,13H2,1-4H3,(H,21,22). The maximum Gasteiger partial charge on any atom is 0.241 e. The molecule has 0 aromatic heterocycles. The fourth-order valence-electron chi connectivity index (χ4n) is 2.47. The number of hydrogen-bond acceptors (Lipinski definition) is 3. The molecule has 0 aliphatic heterocycles. The fourth-order valence-corrected chi connectivity index (χ4v) is 3.55. The van der Waals surface area contributed by atoms with E-state index in [-0.39, 0.29) is 16.9 Å². The van der Waals surface area contributed by atoms with Gasteiger partial charge >= 0.3 is 0 Å². The van der Waals surface area contributed by atoms with Gasteiger partial charge in [-0.25, -0.2) is 13.1 Å². The van der Waals surface area contributed by atoms with Crippen molar-refractivity contribution in [2.75, 3.05) is 11.9 Å². The first-order valence-corrected chi connectivity index (χ1v) is 9.53. The molecule has 0 unspecified atom stereocenters. The van der Waals surface area contributed by atoms with E-state index in [1.807, 2.05) is 37.3 Å². The predicted molar refractivity (Wildman–Crippen MR) is 100 cm³/mol. The lowest BCUT2D eigenvalue weighted by molar-refractivity contribution is -0.115. The Morgan fingerprint density at radius 2 is 1.72 bits per heavy atom. The Kier molecular flexibility index (Phi) is 5.65. The fraction of sp³-hybridized carbons (Fsp3) is 0.316. The van der Waals surface area contributed by atoms with Crippen molar-refractivity contribution in [3.05, 3.63) is 59.7 Å². The second-order valence-corrected chi connectivity index (χ2v) is 8.75. The summed E-state index contributed by atoms with van der Waals surface area (Å²) in [6.45, 7) is 7.65. The van der Waals surface area contributed by atoms with Gasteiger partial charge in [0.1, 0.15) is 0 Å². The van der Waals surface area contributed by atoms with E-state index >= 15 is 0 Å². The molecule has 0 bridgehead atoms. The highest BCUT2D eigenvalue weighted by atomic mass is 32.2. The summed E-state index contributed by atoms with van der Waals surface area (Å²) in [7, 11) is -3.72. The summed E-state index contributed by atoms with van der Waals surface area (Å²) in [6, 6.07) is 14.1. The molecule has 0 aliphatic rings. The van der Waals surface area contributed by atoms with Crippen molar-refractivity contribution in [3.8, 4) is 0 Å². The van der Waals surface area contributed by atoms with Crippen molar-refractivity contribution in [1.82, 2.24) is 4.72 Å². The number of carbonyl (C=O) groups excluding carboxylic acids is 1. The molecule has 6 heteroatoms. The molecule has 2 aromatic rings. The van der Waals surface area contributed by atoms with Crippen molar-refractivity contribution in [1.29, 1.82) is 0 Å². The molecule has 1 amide bonds. The highest BCUT2D eigenvalue weighted by Crippen LogP contribution is 2.29. The number of benzene rings is 2. The number of hydrogen-bond donors (Lipinski definition) is 2. The predicted octanol–water partition coefficient (Wildman–Crippen LogP) is 3.21. The van der Waals surface area contributed by atoms with E-state index in [9.17, 15) is 13.2 Å². The lowest BCUT2D eigenvalue weighted by Crippen LogP contribution is -2.33. The van der Waals surface area contributed by atoms with E-state index in [0.29, 0.717) is 5.69 Å². The minimum Gasteiger partial charge on any atom is -0.325 e. The van der Waals surface area contributed by atoms with Crippen LogP contribution in [0.4, 0.5) is 5.69 Å². The van der Waals surface area contributed by atoms with Gasteiger partial charge in [-0.05, 0) is 41.7 Å². The Labute approximate surface area is 149 Å². The molecule has 134 valence electrons. The Balaban J connectivity index is 2.07. The Bertz CT molecular complexity index is 868. The quantitative estimate of drug-likeness (QED) is 0.860. The summed E-state index contributed by atoms with van der Waals surface area (Å²) in [5, 5.41) is 2.79. The number of anilines is 1. The molecule has 0 radical (unpaired) electrons. The van der Waals surface area contributed by atoms with Crippen LogP contribution in [0, 0.1) is 6.92 Å². The maximum absolute atomic E-state index is 12.3. The van der Waals surface area contributed by atoms with Gasteiger partial charge in [-0.15, -0.1) is 0 Å². The number of para-hydroxylation sites is 1. The third-order valence-corrected chi connectivity index (χ3v) is 5.13. The van der Waals surface area contributed by atoms with Crippen LogP contribution in [0.15, 0.2) is 53.4 Å². The zero-order valence-corrected chi connectivity index (χ0v) is 15.8. The summed E-state index contributed by atoms with van der Waals surface area (Å²) < 4.78 is 26.9. The van der Waals surface area contributed by atoms with E-state index in [4.69, 9.17) is 0 Å². The highest BCUT2D eigenvalue weighted by Gasteiger charge is 2.20. The van der Waals surface area contributed by atoms with Crippen LogP contribution < -0.4 is 10.0 Å². The van der Waals surface area contributed by atoms with E-state index < -0.39 is 15.9 Å². The van der Waals surface area contributed by atoms with Crippen molar-refractivity contribution in [2.24, 2.45) is 0 Å². The maximum atomic E-state index is 12.3. The van der Waals surface area contributed by atoms with Crippen molar-refractivity contribution >= 4 is 21.6 Å². The Morgan fingerprint density at radius 3 is 2.36 bits per heavy atom. The highest BCUT2D eigenvalue weighted by molar-refractivity contribution is 7.89. The van der Waals surface area contributed by atoms with Crippen LogP contribution in [0.1, 0.15) is 31.9 Å². The first kappa shape index (κ1) is 19.1. The van der Waals surface area contributed by atoms with Gasteiger partial charge in [-0.3, -0.25) is 4.79 Å². The molecule has 2 N–H and O–H groups in total. The summed E-state index contributed by atoms with van der Waals surface area (Å²) in [5.41, 5.74) is 2.39. The van der Waals surface area contributed by atoms with Crippen LogP contribution >= 0.6 is 0 Å². The van der Waals surface area contributed by atoms with E-state index in [1.165, 1.54) is 6.07 Å². The first-order valence-electron chi connectivity index (χ1n) is 8.05. The van der Waals surface area contributed by atoms with Gasteiger partial charge in [0.2, 0.25) is 15.9 Å². The molecule has 2 aromatic carbocycles. The van der Waals surface area contributed by atoms with Crippen LogP contribution in [-0.2, 0) is 20.2 Å². The number of sulfonamides is 1. The zero-order valence-electron chi connectivity index (χ0n) is 15.0. The van der Waals surface area contributed by atoms with Gasteiger partial charge < -0.3 is 5.32 Å². The number of amides is 1. The van der Waals surface area contributed by atoms with E-state index in [1.54, 1.807) is 12.1 Å². The third-order valence-electron chi connectivity index (χ3n) is 3.73. The van der Waals surface area contributed by atoms with Crippen LogP contribution in [0.2, 0.25) is 0 Å². The van der Waals surface area contributed by atoms with Gasteiger partial charge in [0.25, 0.3) is 0 Å². The van der Waals surface area contributed by atoms with Crippen LogP contribution in [0.25, 0.3) is 0 Å². The smallest absolute Gasteiger partial charge is 0.241 e. The first-order chi connectivity index (χ1) is 11.6. The summed E-state index contributed by atoms with van der Waals surface area (Å²) >= 11 is 0. The molecule has 0 saturated carbocycles. The molecule has 0 saturated heterocycles. The number of rotatable bonds is 5. The number of nitrogens with one attached hydrogen (secondary N) is 2. The minimum atomic E-state index is -3.72. The van der Waals surface area contributed by atoms with Gasteiger partial charge in [0, 0.05) is 5.69 Å². The summed E-state index contributed by atoms with van der Waals surface area (Å²) in [4.78, 5) is 12.3. The summed E-state index contributed by atoms with van der Waals surface area (Å²) in [6.07, 6.45) is 0. The van der Waals surface area contributed by atoms with Crippen LogP contribution in [-0.4, -0.2) is 20.9 Å². The molecular weight excluding hydrogens is 336 g/mol. The number of aryl methyl sites for hydroxylation is 1. The summed E-state index contributed by atoms with van der Waals surface area (Å²) in [5.74, 6) is -0.409. The van der Waals surface area contributed by atoms with E-state index in [0.717, 1.165) is 11.1 Å². The second kappa shape index (κ2) is 7.37. The van der Waals surface area contributed by atoms with Crippen LogP contribution in [0.3, 0.4) is 0 Å². The second-order valence-electron chi connectivity index (χ2n) is 6.98. The lowest BCUT2D eigenvalue weighted by Gasteiger charge is -2.23. The SMILES string of the molecule is Cc1cccc(S(=O)(=O)NCC(=O)Nc2ccccc2C(C)(C)C)c1. The van der Waals surface area contributed by atoms with Gasteiger partial charge in [0.05, 0.1) is 11.4 Å². The minimum absolute atomic E-state index is 0.134. The topological polar surface area (TPSA) is 75.3 Å². The molecule has 0 fully saturated rings. The molecular formula is C19H24N2O3S. The van der Waals surface area contributed by atoms with E-state index in [2.05, 4.69) is 30.8 Å².